The number of hydrogen-bond donors (Lipinski definition) is 1. The lowest BCUT2D eigenvalue weighted by Gasteiger charge is -2.09. The Morgan fingerprint density at radius 1 is 1.38 bits per heavy atom. The van der Waals surface area contributed by atoms with Crippen LogP contribution in [0.4, 0.5) is 0 Å². The molecule has 2 aromatic rings. The molecule has 1 fully saturated rings. The van der Waals surface area contributed by atoms with Gasteiger partial charge >= 0.3 is 5.97 Å². The van der Waals surface area contributed by atoms with Gasteiger partial charge in [0.05, 0.1) is 0 Å². The van der Waals surface area contributed by atoms with Crippen molar-refractivity contribution in [2.24, 2.45) is 5.92 Å². The second-order valence-corrected chi connectivity index (χ2v) is 5.22. The van der Waals surface area contributed by atoms with Gasteiger partial charge in [-0.05, 0) is 25.1 Å². The zero-order chi connectivity index (χ0) is 14.6. The highest BCUT2D eigenvalue weighted by molar-refractivity contribution is 5.79. The summed E-state index contributed by atoms with van der Waals surface area (Å²) in [5.74, 6) is 1.14. The van der Waals surface area contributed by atoms with Gasteiger partial charge in [0.1, 0.15) is 29.3 Å². The molecule has 1 aromatic carbocycles. The van der Waals surface area contributed by atoms with Gasteiger partial charge in [0.2, 0.25) is 5.88 Å². The van der Waals surface area contributed by atoms with E-state index in [0.29, 0.717) is 17.5 Å². The van der Waals surface area contributed by atoms with Crippen LogP contribution < -0.4 is 9.47 Å². The van der Waals surface area contributed by atoms with Gasteiger partial charge in [0.15, 0.2) is 0 Å². The smallest absolute Gasteiger partial charge is 0.311 e. The molecule has 21 heavy (non-hydrogen) atoms. The van der Waals surface area contributed by atoms with Crippen LogP contribution in [-0.2, 0) is 4.79 Å². The van der Waals surface area contributed by atoms with Gasteiger partial charge in [-0.3, -0.25) is 4.79 Å². The maximum Gasteiger partial charge on any atom is 0.311 e. The van der Waals surface area contributed by atoms with Gasteiger partial charge in [-0.2, -0.15) is 4.98 Å². The van der Waals surface area contributed by atoms with Crippen molar-refractivity contribution in [2.45, 2.75) is 18.9 Å². The van der Waals surface area contributed by atoms with Gasteiger partial charge < -0.3 is 14.6 Å². The van der Waals surface area contributed by atoms with Crippen LogP contribution in [-0.4, -0.2) is 27.1 Å². The highest BCUT2D eigenvalue weighted by Gasteiger charge is 2.63. The number of carboxylic acid groups (broad SMARTS) is 1. The summed E-state index contributed by atoms with van der Waals surface area (Å²) in [6.45, 7) is 1.79. The third-order valence-corrected chi connectivity index (χ3v) is 3.82. The first-order valence-electron chi connectivity index (χ1n) is 6.64. The fourth-order valence-electron chi connectivity index (χ4n) is 2.81. The number of ether oxygens (including phenoxy) is 2. The van der Waals surface area contributed by atoms with Crippen LogP contribution in [0.1, 0.15) is 17.3 Å². The monoisotopic (exact) mass is 284 g/mol. The second-order valence-electron chi connectivity index (χ2n) is 5.22. The molecule has 2 aliphatic rings. The predicted octanol–water partition coefficient (Wildman–Crippen LogP) is 2.14. The Morgan fingerprint density at radius 2 is 2.24 bits per heavy atom. The number of fused-ring (bicyclic) bond motifs is 3. The maximum atomic E-state index is 11.1. The van der Waals surface area contributed by atoms with E-state index in [1.807, 2.05) is 12.1 Å². The molecule has 0 unspecified atom stereocenters. The first-order chi connectivity index (χ1) is 10.1. The highest BCUT2D eigenvalue weighted by atomic mass is 16.5. The van der Waals surface area contributed by atoms with E-state index in [0.717, 1.165) is 11.3 Å². The van der Waals surface area contributed by atoms with Crippen LogP contribution in [0.2, 0.25) is 0 Å². The Hall–Kier alpha value is -2.63. The van der Waals surface area contributed by atoms with Gasteiger partial charge in [0, 0.05) is 23.7 Å². The Bertz CT molecular complexity index is 746. The lowest BCUT2D eigenvalue weighted by molar-refractivity contribution is -0.139. The zero-order valence-corrected chi connectivity index (χ0v) is 11.2. The predicted molar refractivity (Wildman–Crippen MR) is 71.6 cm³/mol. The summed E-state index contributed by atoms with van der Waals surface area (Å²) in [5, 5.41) is 9.09. The number of nitrogens with zero attached hydrogens (tertiary/aromatic N) is 2. The molecule has 106 valence electrons. The second kappa shape index (κ2) is 4.18. The van der Waals surface area contributed by atoms with Crippen LogP contribution in [0.5, 0.6) is 17.4 Å². The number of aromatic nitrogens is 2. The summed E-state index contributed by atoms with van der Waals surface area (Å²) >= 11 is 0. The largest absolute Gasteiger partial charge is 0.489 e. The molecular weight excluding hydrogens is 272 g/mol. The quantitative estimate of drug-likeness (QED) is 0.929. The van der Waals surface area contributed by atoms with Crippen molar-refractivity contribution in [3.8, 4) is 17.4 Å². The molecule has 6 heteroatoms. The minimum Gasteiger partial charge on any atom is -0.489 e. The van der Waals surface area contributed by atoms with E-state index in [1.54, 1.807) is 25.3 Å². The molecule has 4 rings (SSSR count). The minimum absolute atomic E-state index is 0.0619. The van der Waals surface area contributed by atoms with Crippen molar-refractivity contribution >= 4 is 5.97 Å². The van der Waals surface area contributed by atoms with E-state index >= 15 is 0 Å². The summed E-state index contributed by atoms with van der Waals surface area (Å²) in [4.78, 5) is 19.3. The lowest BCUT2D eigenvalue weighted by Crippen LogP contribution is -2.08. The number of carbonyl (C=O) groups is 1. The molecule has 2 heterocycles. The Balaban J connectivity index is 1.61. The summed E-state index contributed by atoms with van der Waals surface area (Å²) in [7, 11) is 0. The molecule has 6 nitrogen and oxygen atoms in total. The Kier molecular flexibility index (Phi) is 2.42. The number of aliphatic carboxylic acids is 1. The van der Waals surface area contributed by atoms with Crippen LogP contribution in [0.25, 0.3) is 0 Å². The van der Waals surface area contributed by atoms with Crippen molar-refractivity contribution in [1.29, 1.82) is 0 Å². The van der Waals surface area contributed by atoms with Crippen LogP contribution in [0, 0.1) is 12.8 Å². The average Bonchev–Trinajstić information content (AvgIpc) is 3.04. The van der Waals surface area contributed by atoms with Crippen molar-refractivity contribution in [2.75, 3.05) is 0 Å². The third-order valence-electron chi connectivity index (χ3n) is 3.82. The number of rotatable bonds is 3. The summed E-state index contributed by atoms with van der Waals surface area (Å²) in [5.41, 5.74) is 0.899. The summed E-state index contributed by atoms with van der Waals surface area (Å²) in [6, 6.07) is 7.11. The normalized spacial score (nSPS) is 24.7. The zero-order valence-electron chi connectivity index (χ0n) is 11.2. The fraction of sp³-hybridized carbons (Fsp3) is 0.267. The van der Waals surface area contributed by atoms with Crippen molar-refractivity contribution in [3.05, 3.63) is 41.9 Å². The highest BCUT2D eigenvalue weighted by Crippen LogP contribution is 2.58. The number of aryl methyl sites for hydroxylation is 1. The molecule has 0 saturated heterocycles. The summed E-state index contributed by atoms with van der Waals surface area (Å²) < 4.78 is 11.3. The van der Waals surface area contributed by atoms with Gasteiger partial charge in [-0.1, -0.05) is 0 Å². The maximum absolute atomic E-state index is 11.1. The molecule has 3 atom stereocenters. The van der Waals surface area contributed by atoms with Crippen LogP contribution >= 0.6 is 0 Å². The number of carboxylic acids is 1. The molecule has 0 amide bonds. The van der Waals surface area contributed by atoms with Crippen molar-refractivity contribution in [1.82, 2.24) is 9.97 Å². The molecule has 0 spiro atoms. The SMILES string of the molecule is Cc1nccc(Oc2ccc3c(c2)[C@@H]2[C@H](O3)[C@H]2C(=O)O)n1. The first kappa shape index (κ1) is 12.1. The van der Waals surface area contributed by atoms with E-state index in [2.05, 4.69) is 9.97 Å². The van der Waals surface area contributed by atoms with E-state index < -0.39 is 11.9 Å². The Morgan fingerprint density at radius 3 is 3.00 bits per heavy atom. The Labute approximate surface area is 120 Å². The number of hydrogen-bond acceptors (Lipinski definition) is 5. The molecule has 0 radical (unpaired) electrons. The molecule has 0 bridgehead atoms. The van der Waals surface area contributed by atoms with Crippen molar-refractivity contribution < 1.29 is 19.4 Å². The van der Waals surface area contributed by atoms with E-state index in [9.17, 15) is 4.79 Å². The lowest BCUT2D eigenvalue weighted by atomic mass is 10.1. The molecular formula is C15H12N2O4. The van der Waals surface area contributed by atoms with Crippen LogP contribution in [0.3, 0.4) is 0 Å². The van der Waals surface area contributed by atoms with Gasteiger partial charge in [-0.25, -0.2) is 4.98 Å². The number of benzene rings is 1. The topological polar surface area (TPSA) is 81.5 Å². The minimum atomic E-state index is -0.812. The standard InChI is InChI=1S/C15H12N2O4/c1-7-16-5-4-11(17-7)20-8-2-3-10-9(6-8)12-13(15(18)19)14(12)21-10/h2-6,12-14H,1H3,(H,18,19)/t12-,13-,14-/m0/s1. The van der Waals surface area contributed by atoms with E-state index in [4.69, 9.17) is 14.6 Å². The van der Waals surface area contributed by atoms with Gasteiger partial charge in [-0.15, -0.1) is 0 Å². The molecule has 1 aromatic heterocycles. The van der Waals surface area contributed by atoms with E-state index in [1.165, 1.54) is 0 Å². The molecule has 1 aliphatic heterocycles. The third kappa shape index (κ3) is 1.91. The summed E-state index contributed by atoms with van der Waals surface area (Å²) in [6.07, 6.45) is 1.40. The average molecular weight is 284 g/mol. The van der Waals surface area contributed by atoms with Crippen LogP contribution in [0.15, 0.2) is 30.5 Å². The first-order valence-corrected chi connectivity index (χ1v) is 6.64. The molecule has 1 saturated carbocycles. The van der Waals surface area contributed by atoms with E-state index in [-0.39, 0.29) is 12.0 Å². The van der Waals surface area contributed by atoms with Crippen molar-refractivity contribution in [3.63, 3.8) is 0 Å². The molecule has 1 N–H and O–H groups in total. The van der Waals surface area contributed by atoms with Gasteiger partial charge in [0.25, 0.3) is 0 Å². The fourth-order valence-corrected chi connectivity index (χ4v) is 2.81. The molecule has 1 aliphatic carbocycles.